The minimum absolute atomic E-state index is 0. The van der Waals surface area contributed by atoms with Crippen molar-refractivity contribution in [2.24, 2.45) is 5.41 Å². The molecule has 0 aliphatic heterocycles. The van der Waals surface area contributed by atoms with Crippen molar-refractivity contribution in [2.45, 2.75) is 20.8 Å². The Morgan fingerprint density at radius 3 is 1.50 bits per heavy atom. The zero-order valence-corrected chi connectivity index (χ0v) is 7.82. The van der Waals surface area contributed by atoms with E-state index in [1.54, 1.807) is 20.8 Å². The SMILES string of the molecule is CC(C)(C)C(=O)[O-].[Na+]. The van der Waals surface area contributed by atoms with Crippen LogP contribution in [0.15, 0.2) is 0 Å². The van der Waals surface area contributed by atoms with Crippen LogP contribution in [-0.4, -0.2) is 5.97 Å². The van der Waals surface area contributed by atoms with Gasteiger partial charge in [-0.25, -0.2) is 0 Å². The van der Waals surface area contributed by atoms with Crippen molar-refractivity contribution in [2.75, 3.05) is 0 Å². The molecule has 3 heteroatoms. The summed E-state index contributed by atoms with van der Waals surface area (Å²) < 4.78 is 0. The van der Waals surface area contributed by atoms with Crippen LogP contribution in [-0.2, 0) is 4.79 Å². The zero-order valence-electron chi connectivity index (χ0n) is 5.82. The number of carbonyl (C=O) groups excluding carboxylic acids is 1. The number of carboxylic acids is 1. The van der Waals surface area contributed by atoms with Crippen LogP contribution in [0.2, 0.25) is 0 Å². The third-order valence-electron chi connectivity index (χ3n) is 0.612. The number of carboxylic acid groups (broad SMARTS) is 1. The van der Waals surface area contributed by atoms with E-state index in [9.17, 15) is 9.90 Å². The topological polar surface area (TPSA) is 40.1 Å². The van der Waals surface area contributed by atoms with Gasteiger partial charge in [0.25, 0.3) is 0 Å². The van der Waals surface area contributed by atoms with Crippen LogP contribution in [0.5, 0.6) is 0 Å². The second kappa shape index (κ2) is 3.49. The molecule has 0 saturated heterocycles. The molecule has 0 aromatic rings. The molecule has 8 heavy (non-hydrogen) atoms. The van der Waals surface area contributed by atoms with E-state index in [2.05, 4.69) is 0 Å². The van der Waals surface area contributed by atoms with E-state index in [1.165, 1.54) is 0 Å². The fraction of sp³-hybridized carbons (Fsp3) is 0.800. The molecule has 0 fully saturated rings. The van der Waals surface area contributed by atoms with Crippen molar-refractivity contribution in [3.63, 3.8) is 0 Å². The first kappa shape index (κ1) is 11.3. The molecule has 42 valence electrons. The molecule has 0 aromatic carbocycles. The predicted molar refractivity (Wildman–Crippen MR) is 24.5 cm³/mol. The second-order valence-electron chi connectivity index (χ2n) is 2.54. The van der Waals surface area contributed by atoms with Gasteiger partial charge in [0.1, 0.15) is 0 Å². The molecule has 0 atom stereocenters. The zero-order chi connectivity index (χ0) is 6.08. The monoisotopic (exact) mass is 124 g/mol. The number of carbonyl (C=O) groups is 1. The molecule has 0 amide bonds. The van der Waals surface area contributed by atoms with Gasteiger partial charge in [0, 0.05) is 11.4 Å². The van der Waals surface area contributed by atoms with Crippen molar-refractivity contribution < 1.29 is 39.5 Å². The Labute approximate surface area is 71.6 Å². The van der Waals surface area contributed by atoms with Gasteiger partial charge in [-0.3, -0.25) is 0 Å². The summed E-state index contributed by atoms with van der Waals surface area (Å²) in [6.07, 6.45) is 0. The van der Waals surface area contributed by atoms with Crippen LogP contribution in [0.3, 0.4) is 0 Å². The molecule has 0 spiro atoms. The number of rotatable bonds is 0. The van der Waals surface area contributed by atoms with Crippen molar-refractivity contribution in [3.8, 4) is 0 Å². The minimum atomic E-state index is -1.01. The summed E-state index contributed by atoms with van der Waals surface area (Å²) in [5.74, 6) is -1.01. The van der Waals surface area contributed by atoms with Gasteiger partial charge < -0.3 is 9.90 Å². The molecule has 0 aliphatic rings. The van der Waals surface area contributed by atoms with E-state index in [0.29, 0.717) is 0 Å². The van der Waals surface area contributed by atoms with Crippen LogP contribution in [0.25, 0.3) is 0 Å². The van der Waals surface area contributed by atoms with E-state index in [4.69, 9.17) is 0 Å². The molecule has 0 unspecified atom stereocenters. The molecule has 0 radical (unpaired) electrons. The van der Waals surface area contributed by atoms with Gasteiger partial charge in [0.05, 0.1) is 0 Å². The van der Waals surface area contributed by atoms with E-state index in [1.807, 2.05) is 0 Å². The molecule has 0 rings (SSSR count). The van der Waals surface area contributed by atoms with Crippen LogP contribution in [0.4, 0.5) is 0 Å². The number of hydrogen-bond acceptors (Lipinski definition) is 2. The Bertz CT molecular complexity index is 82.9. The average molecular weight is 124 g/mol. The summed E-state index contributed by atoms with van der Waals surface area (Å²) in [7, 11) is 0. The van der Waals surface area contributed by atoms with Gasteiger partial charge in [0.2, 0.25) is 0 Å². The third kappa shape index (κ3) is 4.62. The summed E-state index contributed by atoms with van der Waals surface area (Å²) in [4.78, 5) is 9.91. The van der Waals surface area contributed by atoms with Gasteiger partial charge in [-0.05, 0) is 0 Å². The van der Waals surface area contributed by atoms with Crippen LogP contribution in [0.1, 0.15) is 20.8 Å². The molecule has 0 saturated carbocycles. The third-order valence-corrected chi connectivity index (χ3v) is 0.612. The first-order valence-electron chi connectivity index (χ1n) is 2.16. The molecule has 0 bridgehead atoms. The normalized spacial score (nSPS) is 9.88. The maximum Gasteiger partial charge on any atom is 1.00 e. The van der Waals surface area contributed by atoms with Gasteiger partial charge >= 0.3 is 29.6 Å². The predicted octanol–water partition coefficient (Wildman–Crippen LogP) is -3.21. The molecule has 0 N–H and O–H groups in total. The van der Waals surface area contributed by atoms with Crippen molar-refractivity contribution in [1.29, 1.82) is 0 Å². The largest absolute Gasteiger partial charge is 1.00 e. The fourth-order valence-corrected chi connectivity index (χ4v) is 0. The van der Waals surface area contributed by atoms with Gasteiger partial charge in [-0.15, -0.1) is 0 Å². The van der Waals surface area contributed by atoms with E-state index >= 15 is 0 Å². The van der Waals surface area contributed by atoms with Gasteiger partial charge in [-0.2, -0.15) is 0 Å². The standard InChI is InChI=1S/C5H10O2.Na/c1-5(2,3)4(6)7;/h1-3H3,(H,6,7);/q;+1/p-1. The first-order chi connectivity index (χ1) is 2.94. The minimum Gasteiger partial charge on any atom is -0.550 e. The molecule has 2 nitrogen and oxygen atoms in total. The smallest absolute Gasteiger partial charge is 0.550 e. The quantitative estimate of drug-likeness (QED) is 0.319. The summed E-state index contributed by atoms with van der Waals surface area (Å²) in [6.45, 7) is 4.80. The van der Waals surface area contributed by atoms with Crippen LogP contribution >= 0.6 is 0 Å². The maximum atomic E-state index is 9.91. The Kier molecular flexibility index (Phi) is 4.92. The van der Waals surface area contributed by atoms with Crippen LogP contribution in [0, 0.1) is 5.41 Å². The Morgan fingerprint density at radius 2 is 1.50 bits per heavy atom. The Morgan fingerprint density at radius 1 is 1.38 bits per heavy atom. The number of hydrogen-bond donors (Lipinski definition) is 0. The van der Waals surface area contributed by atoms with E-state index in [0.717, 1.165) is 0 Å². The second-order valence-corrected chi connectivity index (χ2v) is 2.54. The molecular formula is C5H9NaO2. The first-order valence-corrected chi connectivity index (χ1v) is 2.16. The molecular weight excluding hydrogens is 115 g/mol. The van der Waals surface area contributed by atoms with Crippen LogP contribution < -0.4 is 34.7 Å². The average Bonchev–Trinajstić information content (AvgIpc) is 1.31. The summed E-state index contributed by atoms with van der Waals surface area (Å²) in [5.41, 5.74) is -0.694. The molecule has 0 aliphatic carbocycles. The molecule has 0 aromatic heterocycles. The number of aliphatic carboxylic acids is 1. The Balaban J connectivity index is 0. The van der Waals surface area contributed by atoms with Gasteiger partial charge in [0.15, 0.2) is 0 Å². The summed E-state index contributed by atoms with van der Waals surface area (Å²) in [5, 5.41) is 9.91. The molecule has 0 heterocycles. The summed E-state index contributed by atoms with van der Waals surface area (Å²) in [6, 6.07) is 0. The summed E-state index contributed by atoms with van der Waals surface area (Å²) >= 11 is 0. The van der Waals surface area contributed by atoms with E-state index < -0.39 is 11.4 Å². The fourth-order valence-electron chi connectivity index (χ4n) is 0. The van der Waals surface area contributed by atoms with E-state index in [-0.39, 0.29) is 29.6 Å². The van der Waals surface area contributed by atoms with Crippen molar-refractivity contribution in [3.05, 3.63) is 0 Å². The maximum absolute atomic E-state index is 9.91. The van der Waals surface area contributed by atoms with Crippen molar-refractivity contribution in [1.82, 2.24) is 0 Å². The Hall–Kier alpha value is 0.470. The van der Waals surface area contributed by atoms with Gasteiger partial charge in [-0.1, -0.05) is 20.8 Å². The van der Waals surface area contributed by atoms with Crippen molar-refractivity contribution >= 4 is 5.97 Å².